The number of hydrogen-bond donors (Lipinski definition) is 1. The predicted molar refractivity (Wildman–Crippen MR) is 67.2 cm³/mol. The fourth-order valence-corrected chi connectivity index (χ4v) is 1.86. The molecule has 1 rings (SSSR count). The molecular weight excluding hydrogens is 254 g/mol. The van der Waals surface area contributed by atoms with E-state index in [4.69, 9.17) is 34.8 Å². The van der Waals surface area contributed by atoms with Gasteiger partial charge < -0.3 is 5.32 Å². The van der Waals surface area contributed by atoms with Gasteiger partial charge in [-0.05, 0) is 18.9 Å². The molecular formula is C10H13Cl3N2. The van der Waals surface area contributed by atoms with Gasteiger partial charge in [0.1, 0.15) is 0 Å². The standard InChI is InChI=1S/C10H13Cl3N2/c11-4-1-2-5-14-8-3-6-15-9(7-12)10(8)13/h3,6H,1-2,4-5,7H2,(H,14,15). The van der Waals surface area contributed by atoms with Crippen LogP contribution in [0.1, 0.15) is 18.5 Å². The summed E-state index contributed by atoms with van der Waals surface area (Å²) in [5.74, 6) is 1.02. The lowest BCUT2D eigenvalue weighted by molar-refractivity contribution is 0.839. The van der Waals surface area contributed by atoms with Gasteiger partial charge in [0.2, 0.25) is 0 Å². The van der Waals surface area contributed by atoms with Gasteiger partial charge in [-0.3, -0.25) is 4.98 Å². The summed E-state index contributed by atoms with van der Waals surface area (Å²) in [5, 5.41) is 3.84. The van der Waals surface area contributed by atoms with Crippen molar-refractivity contribution in [2.24, 2.45) is 0 Å². The van der Waals surface area contributed by atoms with Crippen molar-refractivity contribution in [3.8, 4) is 0 Å². The van der Waals surface area contributed by atoms with Gasteiger partial charge in [0.25, 0.3) is 0 Å². The van der Waals surface area contributed by atoms with Crippen molar-refractivity contribution >= 4 is 40.5 Å². The molecule has 1 heterocycles. The van der Waals surface area contributed by atoms with Crippen LogP contribution >= 0.6 is 34.8 Å². The summed E-state index contributed by atoms with van der Waals surface area (Å²) in [6.07, 6.45) is 3.73. The van der Waals surface area contributed by atoms with Crippen LogP contribution in [0.3, 0.4) is 0 Å². The fourth-order valence-electron chi connectivity index (χ4n) is 1.16. The van der Waals surface area contributed by atoms with E-state index in [9.17, 15) is 0 Å². The maximum absolute atomic E-state index is 6.09. The summed E-state index contributed by atoms with van der Waals surface area (Å²) in [7, 11) is 0. The first-order valence-corrected chi connectivity index (χ1v) is 6.23. The van der Waals surface area contributed by atoms with E-state index >= 15 is 0 Å². The van der Waals surface area contributed by atoms with Crippen molar-refractivity contribution in [2.75, 3.05) is 17.7 Å². The Balaban J connectivity index is 2.53. The second kappa shape index (κ2) is 7.15. The molecule has 0 saturated heterocycles. The Bertz CT molecular complexity index is 305. The lowest BCUT2D eigenvalue weighted by Gasteiger charge is -2.09. The van der Waals surface area contributed by atoms with Crippen LogP contribution in [0.5, 0.6) is 0 Å². The van der Waals surface area contributed by atoms with Crippen LogP contribution in [0, 0.1) is 0 Å². The molecule has 15 heavy (non-hydrogen) atoms. The van der Waals surface area contributed by atoms with E-state index in [1.807, 2.05) is 6.07 Å². The van der Waals surface area contributed by atoms with Crippen LogP contribution in [-0.2, 0) is 5.88 Å². The monoisotopic (exact) mass is 266 g/mol. The highest BCUT2D eigenvalue weighted by atomic mass is 35.5. The number of alkyl halides is 2. The van der Waals surface area contributed by atoms with E-state index in [0.29, 0.717) is 22.5 Å². The molecule has 0 aliphatic heterocycles. The third-order valence-electron chi connectivity index (χ3n) is 1.96. The molecule has 0 radical (unpaired) electrons. The van der Waals surface area contributed by atoms with E-state index < -0.39 is 0 Å². The molecule has 0 aliphatic carbocycles. The number of nitrogens with zero attached hydrogens (tertiary/aromatic N) is 1. The summed E-state index contributed by atoms with van der Waals surface area (Å²) < 4.78 is 0. The molecule has 0 aromatic carbocycles. The van der Waals surface area contributed by atoms with Crippen molar-refractivity contribution < 1.29 is 0 Å². The summed E-state index contributed by atoms with van der Waals surface area (Å²) >= 11 is 17.4. The molecule has 0 fully saturated rings. The lowest BCUT2D eigenvalue weighted by atomic mass is 10.3. The molecule has 0 spiro atoms. The average molecular weight is 268 g/mol. The SMILES string of the molecule is ClCCCCNc1ccnc(CCl)c1Cl. The Morgan fingerprint density at radius 2 is 2.07 bits per heavy atom. The number of anilines is 1. The molecule has 0 atom stereocenters. The van der Waals surface area contributed by atoms with E-state index in [2.05, 4.69) is 10.3 Å². The molecule has 84 valence electrons. The number of hydrogen-bond acceptors (Lipinski definition) is 2. The second-order valence-corrected chi connectivity index (χ2v) is 4.10. The highest BCUT2D eigenvalue weighted by Crippen LogP contribution is 2.25. The Kier molecular flexibility index (Phi) is 6.15. The number of rotatable bonds is 6. The van der Waals surface area contributed by atoms with Gasteiger partial charge in [-0.1, -0.05) is 11.6 Å². The van der Waals surface area contributed by atoms with Gasteiger partial charge in [-0.2, -0.15) is 0 Å². The Hall–Kier alpha value is -0.180. The first-order valence-electron chi connectivity index (χ1n) is 4.78. The molecule has 5 heteroatoms. The van der Waals surface area contributed by atoms with Crippen molar-refractivity contribution in [2.45, 2.75) is 18.7 Å². The maximum Gasteiger partial charge on any atom is 0.0865 e. The summed E-state index contributed by atoms with van der Waals surface area (Å²) in [6, 6.07) is 1.85. The zero-order valence-corrected chi connectivity index (χ0v) is 10.5. The molecule has 1 aromatic heterocycles. The quantitative estimate of drug-likeness (QED) is 0.624. The van der Waals surface area contributed by atoms with E-state index in [-0.39, 0.29) is 0 Å². The molecule has 0 amide bonds. The highest BCUT2D eigenvalue weighted by molar-refractivity contribution is 6.34. The normalized spacial score (nSPS) is 10.3. The third kappa shape index (κ3) is 4.06. The third-order valence-corrected chi connectivity index (χ3v) is 2.91. The number of nitrogens with one attached hydrogen (secondary N) is 1. The zero-order chi connectivity index (χ0) is 11.1. The van der Waals surface area contributed by atoms with Crippen molar-refractivity contribution in [1.29, 1.82) is 0 Å². The number of aromatic nitrogens is 1. The van der Waals surface area contributed by atoms with Crippen LogP contribution in [0.4, 0.5) is 5.69 Å². The Morgan fingerprint density at radius 1 is 1.27 bits per heavy atom. The first kappa shape index (κ1) is 12.9. The van der Waals surface area contributed by atoms with Gasteiger partial charge in [0, 0.05) is 18.6 Å². The van der Waals surface area contributed by atoms with Gasteiger partial charge in [0.15, 0.2) is 0 Å². The molecule has 0 saturated carbocycles. The number of pyridine rings is 1. The minimum Gasteiger partial charge on any atom is -0.384 e. The van der Waals surface area contributed by atoms with E-state index in [1.54, 1.807) is 6.20 Å². The van der Waals surface area contributed by atoms with Crippen molar-refractivity contribution in [1.82, 2.24) is 4.98 Å². The van der Waals surface area contributed by atoms with E-state index in [0.717, 1.165) is 25.1 Å². The first-order chi connectivity index (χ1) is 7.29. The minimum atomic E-state index is 0.329. The molecule has 1 aromatic rings. The van der Waals surface area contributed by atoms with E-state index in [1.165, 1.54) is 0 Å². The molecule has 0 aliphatic rings. The molecule has 1 N–H and O–H groups in total. The highest BCUT2D eigenvalue weighted by Gasteiger charge is 2.05. The van der Waals surface area contributed by atoms with Crippen LogP contribution in [0.15, 0.2) is 12.3 Å². The Morgan fingerprint density at radius 3 is 2.73 bits per heavy atom. The summed E-state index contributed by atoms with van der Waals surface area (Å²) in [4.78, 5) is 4.08. The zero-order valence-electron chi connectivity index (χ0n) is 8.27. The van der Waals surface area contributed by atoms with Gasteiger partial charge in [0.05, 0.1) is 22.3 Å². The molecule has 2 nitrogen and oxygen atoms in total. The average Bonchev–Trinajstić information content (AvgIpc) is 2.26. The van der Waals surface area contributed by atoms with Gasteiger partial charge in [-0.25, -0.2) is 0 Å². The minimum absolute atomic E-state index is 0.329. The van der Waals surface area contributed by atoms with Gasteiger partial charge >= 0.3 is 0 Å². The fraction of sp³-hybridized carbons (Fsp3) is 0.500. The van der Waals surface area contributed by atoms with Crippen molar-refractivity contribution in [3.63, 3.8) is 0 Å². The lowest BCUT2D eigenvalue weighted by Crippen LogP contribution is -2.03. The number of unbranched alkanes of at least 4 members (excludes halogenated alkanes) is 1. The molecule has 0 bridgehead atoms. The maximum atomic E-state index is 6.09. The Labute approximate surface area is 105 Å². The van der Waals surface area contributed by atoms with Crippen LogP contribution in [-0.4, -0.2) is 17.4 Å². The van der Waals surface area contributed by atoms with Crippen LogP contribution < -0.4 is 5.32 Å². The van der Waals surface area contributed by atoms with Crippen LogP contribution in [0.2, 0.25) is 5.02 Å². The topological polar surface area (TPSA) is 24.9 Å². The largest absolute Gasteiger partial charge is 0.384 e. The van der Waals surface area contributed by atoms with Gasteiger partial charge in [-0.15, -0.1) is 23.2 Å². The predicted octanol–water partition coefficient (Wildman–Crippen LogP) is 3.90. The van der Waals surface area contributed by atoms with Crippen LogP contribution in [0.25, 0.3) is 0 Å². The number of halogens is 3. The summed E-state index contributed by atoms with van der Waals surface area (Å²) in [6.45, 7) is 0.859. The van der Waals surface area contributed by atoms with Crippen molar-refractivity contribution in [3.05, 3.63) is 23.0 Å². The summed E-state index contributed by atoms with van der Waals surface area (Å²) in [5.41, 5.74) is 1.59. The smallest absolute Gasteiger partial charge is 0.0865 e. The molecule has 0 unspecified atom stereocenters. The second-order valence-electron chi connectivity index (χ2n) is 3.08.